The Bertz CT molecular complexity index is 1340. The number of rotatable bonds is 4. The summed E-state index contributed by atoms with van der Waals surface area (Å²) >= 11 is 0. The molecule has 0 saturated carbocycles. The lowest BCUT2D eigenvalue weighted by Crippen LogP contribution is -2.42. The van der Waals surface area contributed by atoms with E-state index >= 15 is 0 Å². The second-order valence-corrected chi connectivity index (χ2v) is 6.88. The molecule has 0 radical (unpaired) electrons. The van der Waals surface area contributed by atoms with Gasteiger partial charge in [0.25, 0.3) is 5.56 Å². The topological polar surface area (TPSA) is 109 Å². The molecule has 0 aliphatic heterocycles. The standard InChI is InChI=1S/C19H20N6O3/c1-11-9-23-15-16(22(3)19(28)24(17(15)27)10-14(20)26)21-18(23)25(11)12(2)13-7-5-4-6-8-13/h4-9,12H,10H2,1-3H3,(H2,20,26)/t12-/m1/s1. The molecule has 0 saturated heterocycles. The Labute approximate surface area is 159 Å². The highest BCUT2D eigenvalue weighted by molar-refractivity contribution is 5.77. The molecule has 4 aromatic rings. The second-order valence-electron chi connectivity index (χ2n) is 6.88. The average molecular weight is 380 g/mol. The largest absolute Gasteiger partial charge is 0.368 e. The normalized spacial score (nSPS) is 12.7. The average Bonchev–Trinajstić information content (AvgIpc) is 3.18. The van der Waals surface area contributed by atoms with E-state index in [0.717, 1.165) is 15.8 Å². The highest BCUT2D eigenvalue weighted by Gasteiger charge is 2.22. The molecule has 0 aliphatic carbocycles. The summed E-state index contributed by atoms with van der Waals surface area (Å²) in [5.41, 5.74) is 6.49. The van der Waals surface area contributed by atoms with E-state index in [9.17, 15) is 14.4 Å². The van der Waals surface area contributed by atoms with Gasteiger partial charge in [0.1, 0.15) is 6.54 Å². The summed E-state index contributed by atoms with van der Waals surface area (Å²) in [5.74, 6) is -0.210. The fourth-order valence-electron chi connectivity index (χ4n) is 3.68. The lowest BCUT2D eigenvalue weighted by molar-refractivity contribution is -0.118. The van der Waals surface area contributed by atoms with Gasteiger partial charge in [0.05, 0.1) is 6.04 Å². The van der Waals surface area contributed by atoms with Crippen molar-refractivity contribution in [2.45, 2.75) is 26.4 Å². The maximum absolute atomic E-state index is 12.9. The Morgan fingerprint density at radius 1 is 1.21 bits per heavy atom. The zero-order valence-corrected chi connectivity index (χ0v) is 15.8. The molecule has 0 fully saturated rings. The van der Waals surface area contributed by atoms with Gasteiger partial charge in [-0.1, -0.05) is 30.3 Å². The van der Waals surface area contributed by atoms with E-state index in [0.29, 0.717) is 5.78 Å². The van der Waals surface area contributed by atoms with Crippen LogP contribution in [0.15, 0.2) is 46.1 Å². The van der Waals surface area contributed by atoms with Crippen molar-refractivity contribution in [3.8, 4) is 0 Å². The van der Waals surface area contributed by atoms with Crippen LogP contribution in [0, 0.1) is 6.92 Å². The highest BCUT2D eigenvalue weighted by Crippen LogP contribution is 2.25. The number of aryl methyl sites for hydroxylation is 2. The fourth-order valence-corrected chi connectivity index (χ4v) is 3.68. The highest BCUT2D eigenvalue weighted by atomic mass is 16.2. The Hall–Kier alpha value is -3.62. The van der Waals surface area contributed by atoms with Gasteiger partial charge in [-0.3, -0.25) is 18.6 Å². The predicted molar refractivity (Wildman–Crippen MR) is 104 cm³/mol. The third-order valence-electron chi connectivity index (χ3n) is 5.05. The van der Waals surface area contributed by atoms with Crippen molar-refractivity contribution in [3.05, 3.63) is 68.6 Å². The number of fused-ring (bicyclic) bond motifs is 3. The molecular formula is C19H20N6O3. The van der Waals surface area contributed by atoms with Gasteiger partial charge in [0.2, 0.25) is 11.7 Å². The summed E-state index contributed by atoms with van der Waals surface area (Å²) in [6.45, 7) is 3.50. The molecule has 0 spiro atoms. The van der Waals surface area contributed by atoms with Gasteiger partial charge in [-0.2, -0.15) is 4.98 Å². The van der Waals surface area contributed by atoms with Crippen molar-refractivity contribution in [2.75, 3.05) is 0 Å². The number of nitrogens with two attached hydrogens (primary N) is 1. The zero-order chi connectivity index (χ0) is 20.2. The smallest absolute Gasteiger partial charge is 0.332 e. The number of aromatic nitrogens is 5. The van der Waals surface area contributed by atoms with Crippen molar-refractivity contribution in [1.29, 1.82) is 0 Å². The summed E-state index contributed by atoms with van der Waals surface area (Å²) < 4.78 is 5.78. The van der Waals surface area contributed by atoms with Crippen LogP contribution in [-0.2, 0) is 18.4 Å². The number of primary amides is 1. The van der Waals surface area contributed by atoms with Crippen molar-refractivity contribution in [1.82, 2.24) is 23.1 Å². The van der Waals surface area contributed by atoms with Crippen molar-refractivity contribution in [3.63, 3.8) is 0 Å². The minimum absolute atomic E-state index is 0.0274. The molecule has 1 amide bonds. The van der Waals surface area contributed by atoms with Crippen LogP contribution in [0.3, 0.4) is 0 Å². The third-order valence-corrected chi connectivity index (χ3v) is 5.05. The molecule has 3 aromatic heterocycles. The molecule has 9 nitrogen and oxygen atoms in total. The van der Waals surface area contributed by atoms with Crippen LogP contribution in [0.4, 0.5) is 0 Å². The zero-order valence-electron chi connectivity index (χ0n) is 15.8. The number of imidazole rings is 2. The summed E-state index contributed by atoms with van der Waals surface area (Å²) in [5, 5.41) is 0. The third kappa shape index (κ3) is 2.47. The van der Waals surface area contributed by atoms with Gasteiger partial charge < -0.3 is 10.3 Å². The first-order chi connectivity index (χ1) is 13.3. The molecule has 0 bridgehead atoms. The van der Waals surface area contributed by atoms with Gasteiger partial charge in [-0.25, -0.2) is 9.36 Å². The van der Waals surface area contributed by atoms with E-state index in [4.69, 9.17) is 5.73 Å². The molecule has 0 aliphatic rings. The van der Waals surface area contributed by atoms with Crippen LogP contribution in [0.2, 0.25) is 0 Å². The van der Waals surface area contributed by atoms with Crippen LogP contribution in [0.1, 0.15) is 24.2 Å². The second kappa shape index (κ2) is 6.22. The van der Waals surface area contributed by atoms with Crippen LogP contribution < -0.4 is 17.0 Å². The van der Waals surface area contributed by atoms with Gasteiger partial charge in [0, 0.05) is 18.9 Å². The molecular weight excluding hydrogens is 360 g/mol. The number of hydrogen-bond donors (Lipinski definition) is 1. The molecule has 3 heterocycles. The Morgan fingerprint density at radius 2 is 1.89 bits per heavy atom. The van der Waals surface area contributed by atoms with Gasteiger partial charge in [0.15, 0.2) is 11.2 Å². The van der Waals surface area contributed by atoms with Crippen molar-refractivity contribution >= 4 is 22.8 Å². The quantitative estimate of drug-likeness (QED) is 0.558. The molecule has 2 N–H and O–H groups in total. The van der Waals surface area contributed by atoms with E-state index in [1.54, 1.807) is 4.40 Å². The first-order valence-corrected chi connectivity index (χ1v) is 8.84. The van der Waals surface area contributed by atoms with E-state index in [-0.39, 0.29) is 17.2 Å². The molecule has 1 atom stereocenters. The van der Waals surface area contributed by atoms with Gasteiger partial charge in [-0.15, -0.1) is 0 Å². The van der Waals surface area contributed by atoms with Gasteiger partial charge in [-0.05, 0) is 19.4 Å². The summed E-state index contributed by atoms with van der Waals surface area (Å²) in [4.78, 5) is 41.3. The minimum atomic E-state index is -0.759. The van der Waals surface area contributed by atoms with E-state index in [1.165, 1.54) is 11.6 Å². The Morgan fingerprint density at radius 3 is 2.54 bits per heavy atom. The van der Waals surface area contributed by atoms with Crippen LogP contribution in [-0.4, -0.2) is 29.0 Å². The molecule has 0 unspecified atom stereocenters. The molecule has 28 heavy (non-hydrogen) atoms. The maximum atomic E-state index is 12.9. The van der Waals surface area contributed by atoms with Crippen LogP contribution in [0.25, 0.3) is 16.9 Å². The Kier molecular flexibility index (Phi) is 3.95. The summed E-state index contributed by atoms with van der Waals surface area (Å²) in [6, 6.07) is 9.92. The van der Waals surface area contributed by atoms with Crippen molar-refractivity contribution < 1.29 is 4.79 Å². The van der Waals surface area contributed by atoms with E-state index < -0.39 is 23.7 Å². The number of amides is 1. The summed E-state index contributed by atoms with van der Waals surface area (Å²) in [7, 11) is 1.52. The SMILES string of the molecule is Cc1cn2c3c(=O)n(CC(N)=O)c(=O)n(C)c3nc2n1[C@H](C)c1ccccc1. The molecule has 4 rings (SSSR count). The molecule has 9 heteroatoms. The first-order valence-electron chi connectivity index (χ1n) is 8.84. The maximum Gasteiger partial charge on any atom is 0.332 e. The van der Waals surface area contributed by atoms with Gasteiger partial charge >= 0.3 is 5.69 Å². The van der Waals surface area contributed by atoms with Crippen LogP contribution >= 0.6 is 0 Å². The lowest BCUT2D eigenvalue weighted by atomic mass is 10.1. The Balaban J connectivity index is 2.06. The fraction of sp³-hybridized carbons (Fsp3) is 0.263. The van der Waals surface area contributed by atoms with E-state index in [2.05, 4.69) is 4.98 Å². The monoisotopic (exact) mass is 380 g/mol. The summed E-state index contributed by atoms with van der Waals surface area (Å²) in [6.07, 6.45) is 1.81. The lowest BCUT2D eigenvalue weighted by Gasteiger charge is -2.16. The minimum Gasteiger partial charge on any atom is -0.368 e. The predicted octanol–water partition coefficient (Wildman–Crippen LogP) is 0.552. The van der Waals surface area contributed by atoms with Crippen molar-refractivity contribution in [2.24, 2.45) is 12.8 Å². The number of carbonyl (C=O) groups is 1. The van der Waals surface area contributed by atoms with Crippen LogP contribution in [0.5, 0.6) is 0 Å². The van der Waals surface area contributed by atoms with E-state index in [1.807, 2.05) is 54.9 Å². The number of hydrogen-bond acceptors (Lipinski definition) is 4. The number of nitrogens with zero attached hydrogens (tertiary/aromatic N) is 5. The first kappa shape index (κ1) is 17.8. The number of carbonyl (C=O) groups excluding carboxylic acids is 1. The molecule has 144 valence electrons. The molecule has 1 aromatic carbocycles. The number of benzene rings is 1.